The summed E-state index contributed by atoms with van der Waals surface area (Å²) < 4.78 is 8.11. The van der Waals surface area contributed by atoms with Gasteiger partial charge in [-0.25, -0.2) is 14.6 Å². The zero-order valence-electron chi connectivity index (χ0n) is 32.5. The molecule has 1 atom stereocenters. The lowest BCUT2D eigenvalue weighted by atomic mass is 9.66. The molecule has 300 valence electrons. The molecule has 1 saturated carbocycles. The summed E-state index contributed by atoms with van der Waals surface area (Å²) >= 11 is 0. The third kappa shape index (κ3) is 6.05. The summed E-state index contributed by atoms with van der Waals surface area (Å²) in [6, 6.07) is 23.3. The van der Waals surface area contributed by atoms with Gasteiger partial charge in [-0.1, -0.05) is 18.2 Å². The molecule has 4 saturated heterocycles. The topological polar surface area (TPSA) is 172 Å². The number of carbonyl (C=O) groups excluding carboxylic acids is 4. The number of para-hydroxylation sites is 1. The Bertz CT molecular complexity index is 2510. The Morgan fingerprint density at radius 2 is 1.46 bits per heavy atom. The molecule has 15 nitrogen and oxygen atoms in total. The second-order valence-electron chi connectivity index (χ2n) is 17.2. The third-order valence-corrected chi connectivity index (χ3v) is 13.6. The fraction of sp³-hybridized carbons (Fsp3) is 0.386. The van der Waals surface area contributed by atoms with E-state index in [9.17, 15) is 19.2 Å². The van der Waals surface area contributed by atoms with E-state index in [1.807, 2.05) is 60.7 Å². The van der Waals surface area contributed by atoms with Crippen LogP contribution in [0.25, 0.3) is 22.3 Å². The number of nitrogen functional groups attached to an aromatic ring is 1. The maximum Gasteiger partial charge on any atom is 0.262 e. The highest BCUT2D eigenvalue weighted by atomic mass is 16.5. The van der Waals surface area contributed by atoms with E-state index in [1.54, 1.807) is 12.1 Å². The zero-order chi connectivity index (χ0) is 40.0. The van der Waals surface area contributed by atoms with Crippen LogP contribution in [0.1, 0.15) is 65.3 Å². The number of aromatic nitrogens is 4. The van der Waals surface area contributed by atoms with Crippen molar-refractivity contribution in [3.8, 4) is 22.8 Å². The molecule has 1 spiro atoms. The molecule has 3 aromatic carbocycles. The van der Waals surface area contributed by atoms with Gasteiger partial charge in [0.1, 0.15) is 35.4 Å². The van der Waals surface area contributed by atoms with Crippen molar-refractivity contribution in [1.29, 1.82) is 0 Å². The number of fused-ring (bicyclic) bond motifs is 2. The van der Waals surface area contributed by atoms with Gasteiger partial charge in [-0.3, -0.25) is 39.2 Å². The van der Waals surface area contributed by atoms with Crippen LogP contribution >= 0.6 is 0 Å². The molecule has 5 aromatic rings. The van der Waals surface area contributed by atoms with E-state index in [1.165, 1.54) is 6.33 Å². The number of piperidine rings is 1. The average molecular weight is 793 g/mol. The van der Waals surface area contributed by atoms with Gasteiger partial charge >= 0.3 is 0 Å². The molecule has 1 aliphatic carbocycles. The minimum Gasteiger partial charge on any atom is -0.457 e. The highest BCUT2D eigenvalue weighted by Gasteiger charge is 2.51. The van der Waals surface area contributed by atoms with Crippen molar-refractivity contribution < 1.29 is 23.9 Å². The molecule has 0 radical (unpaired) electrons. The van der Waals surface area contributed by atoms with E-state index in [2.05, 4.69) is 34.7 Å². The predicted molar refractivity (Wildman–Crippen MR) is 218 cm³/mol. The van der Waals surface area contributed by atoms with E-state index in [0.29, 0.717) is 34.4 Å². The van der Waals surface area contributed by atoms with Crippen molar-refractivity contribution in [3.63, 3.8) is 0 Å². The first kappa shape index (κ1) is 35.9. The van der Waals surface area contributed by atoms with Crippen LogP contribution in [0.4, 0.5) is 11.5 Å². The number of nitrogens with zero attached hydrogens (tertiary/aromatic N) is 8. The van der Waals surface area contributed by atoms with E-state index in [4.69, 9.17) is 15.6 Å². The zero-order valence-corrected chi connectivity index (χ0v) is 32.5. The van der Waals surface area contributed by atoms with Crippen LogP contribution in [-0.2, 0) is 9.59 Å². The van der Waals surface area contributed by atoms with Gasteiger partial charge in [-0.15, -0.1) is 0 Å². The summed E-state index contributed by atoms with van der Waals surface area (Å²) in [5, 5.41) is 8.19. The minimum atomic E-state index is -0.961. The fourth-order valence-corrected chi connectivity index (χ4v) is 10.2. The molecule has 3 N–H and O–H groups in total. The Hall–Kier alpha value is -6.19. The normalized spacial score (nSPS) is 22.7. The first-order chi connectivity index (χ1) is 28.7. The molecular formula is C44H44N10O5. The van der Waals surface area contributed by atoms with Gasteiger partial charge < -0.3 is 15.4 Å². The van der Waals surface area contributed by atoms with Crippen molar-refractivity contribution in [2.45, 2.75) is 62.7 Å². The first-order valence-corrected chi connectivity index (χ1v) is 20.6. The second kappa shape index (κ2) is 13.7. The molecule has 5 aliphatic heterocycles. The molecule has 59 heavy (non-hydrogen) atoms. The van der Waals surface area contributed by atoms with Crippen LogP contribution in [0.5, 0.6) is 11.5 Å². The largest absolute Gasteiger partial charge is 0.457 e. The van der Waals surface area contributed by atoms with Gasteiger partial charge in [-0.2, -0.15) is 5.10 Å². The Kier molecular flexibility index (Phi) is 8.34. The maximum absolute atomic E-state index is 13.3. The second-order valence-corrected chi connectivity index (χ2v) is 17.2. The summed E-state index contributed by atoms with van der Waals surface area (Å²) in [7, 11) is 0. The number of amides is 4. The number of nitrogens with two attached hydrogens (primary N) is 1. The van der Waals surface area contributed by atoms with Gasteiger partial charge in [0.15, 0.2) is 5.65 Å². The predicted octanol–water partition coefficient (Wildman–Crippen LogP) is 4.26. The molecule has 11 rings (SSSR count). The number of imide groups is 2. The van der Waals surface area contributed by atoms with Gasteiger partial charge in [-0.05, 0) is 92.1 Å². The van der Waals surface area contributed by atoms with Crippen LogP contribution in [0.15, 0.2) is 79.1 Å². The van der Waals surface area contributed by atoms with Crippen molar-refractivity contribution in [2.24, 2.45) is 5.41 Å². The van der Waals surface area contributed by atoms with E-state index in [0.717, 1.165) is 109 Å². The van der Waals surface area contributed by atoms with Gasteiger partial charge in [0.05, 0.1) is 22.6 Å². The van der Waals surface area contributed by atoms with E-state index >= 15 is 0 Å². The maximum atomic E-state index is 13.3. The number of nitrogens with one attached hydrogen (secondary N) is 1. The molecule has 6 aliphatic rings. The summed E-state index contributed by atoms with van der Waals surface area (Å²) in [6.45, 7) is 6.15. The summed E-state index contributed by atoms with van der Waals surface area (Å²) in [4.78, 5) is 68.0. The molecule has 5 fully saturated rings. The lowest BCUT2D eigenvalue weighted by molar-refractivity contribution is -0.136. The van der Waals surface area contributed by atoms with Crippen LogP contribution in [0.2, 0.25) is 0 Å². The number of rotatable bonds is 8. The molecule has 4 amide bonds. The van der Waals surface area contributed by atoms with E-state index < -0.39 is 23.8 Å². The minimum absolute atomic E-state index is 0.101. The number of hydrogen-bond acceptors (Lipinski definition) is 12. The van der Waals surface area contributed by atoms with Crippen LogP contribution in [0, 0.1) is 5.41 Å². The fourth-order valence-electron chi connectivity index (χ4n) is 10.2. The summed E-state index contributed by atoms with van der Waals surface area (Å²) in [5.41, 5.74) is 10.9. The molecule has 2 aromatic heterocycles. The lowest BCUT2D eigenvalue weighted by Crippen LogP contribution is -2.73. The Balaban J connectivity index is 0.673. The number of ether oxygens (including phenoxy) is 1. The van der Waals surface area contributed by atoms with E-state index in [-0.39, 0.29) is 24.8 Å². The van der Waals surface area contributed by atoms with Crippen molar-refractivity contribution in [2.75, 3.05) is 49.9 Å². The lowest BCUT2D eigenvalue weighted by Gasteiger charge is -2.61. The average Bonchev–Trinajstić information content (AvgIpc) is 3.70. The van der Waals surface area contributed by atoms with Crippen LogP contribution in [0.3, 0.4) is 0 Å². The number of likely N-dealkylation sites (tertiary alicyclic amines) is 2. The van der Waals surface area contributed by atoms with Crippen LogP contribution < -0.4 is 20.7 Å². The van der Waals surface area contributed by atoms with Crippen molar-refractivity contribution in [3.05, 3.63) is 90.3 Å². The number of benzene rings is 3. The SMILES string of the molecule is Nc1ncnc2c1c(-c1ccc(Oc3ccccc3)cc1)nn2C1CCC2(CC1)CN(C1CN(C3CN(c4ccc5c(c4)C(=O)N(C4CCC(=O)NC4=O)C5=O)C3)C1)C2. The van der Waals surface area contributed by atoms with Gasteiger partial charge in [0, 0.05) is 69.0 Å². The molecule has 1 unspecified atom stereocenters. The molecule has 7 heterocycles. The summed E-state index contributed by atoms with van der Waals surface area (Å²) in [6.07, 6.45) is 6.19. The number of hydrogen-bond donors (Lipinski definition) is 2. The first-order valence-electron chi connectivity index (χ1n) is 20.6. The van der Waals surface area contributed by atoms with Crippen molar-refractivity contribution >= 4 is 46.2 Å². The standard InChI is InChI=1S/C44H44N10O5/c45-39-37-38(26-6-9-32(10-7-26)59-31-4-2-1-3-5-31)49-54(40(37)47-25-46-39)27-14-16-44(17-15-27)23-52(24-44)30-21-51(22-30)29-19-50(20-29)28-8-11-33-34(18-28)43(58)53(42(33)57)35-12-13-36(55)48-41(35)56/h1-11,18,25,27,29-30,35H,12-17,19-24H2,(H2,45,46,47)(H,48,55,56). The van der Waals surface area contributed by atoms with Gasteiger partial charge in [0.2, 0.25) is 11.8 Å². The molecular weight excluding hydrogens is 749 g/mol. The highest BCUT2D eigenvalue weighted by Crippen LogP contribution is 2.49. The Morgan fingerprint density at radius 3 is 2.20 bits per heavy atom. The molecule has 0 bridgehead atoms. The van der Waals surface area contributed by atoms with Crippen molar-refractivity contribution in [1.82, 2.24) is 39.8 Å². The number of carbonyl (C=O) groups is 4. The Labute approximate surface area is 340 Å². The summed E-state index contributed by atoms with van der Waals surface area (Å²) in [5.74, 6) is 0.0399. The molecule has 15 heteroatoms. The Morgan fingerprint density at radius 1 is 0.746 bits per heavy atom. The highest BCUT2D eigenvalue weighted by molar-refractivity contribution is 6.23. The van der Waals surface area contributed by atoms with Gasteiger partial charge in [0.25, 0.3) is 11.8 Å². The van der Waals surface area contributed by atoms with Crippen LogP contribution in [-0.4, -0.2) is 115 Å². The number of anilines is 2. The monoisotopic (exact) mass is 792 g/mol. The smallest absolute Gasteiger partial charge is 0.262 e. The quantitative estimate of drug-likeness (QED) is 0.214. The third-order valence-electron chi connectivity index (χ3n) is 13.6.